The summed E-state index contributed by atoms with van der Waals surface area (Å²) >= 11 is 6.30. The minimum Gasteiger partial charge on any atom is -0.436 e. The number of halogens is 1. The van der Waals surface area contributed by atoms with Gasteiger partial charge in [-0.2, -0.15) is 9.97 Å². The number of hydrogen-bond acceptors (Lipinski definition) is 6. The van der Waals surface area contributed by atoms with Gasteiger partial charge in [0.25, 0.3) is 0 Å². The standard InChI is InChI=1S/C27H16ClN5O/c28-27-32-24(20-8-4-7-19(15-20)17-11-13-29-14-12-17)31-25(33-27)21-9-10-23-22(16-21)30-26(34-23)18-5-2-1-3-6-18/h1-16H. The lowest BCUT2D eigenvalue weighted by atomic mass is 10.0. The molecule has 0 aliphatic carbocycles. The SMILES string of the molecule is Clc1nc(-c2cccc(-c3ccncc3)c2)nc(-c2ccc3oc(-c4ccccc4)nc3c2)n1. The molecule has 0 N–H and O–H groups in total. The van der Waals surface area contributed by atoms with E-state index >= 15 is 0 Å². The van der Waals surface area contributed by atoms with Crippen molar-refractivity contribution in [1.29, 1.82) is 0 Å². The number of pyridine rings is 1. The van der Waals surface area contributed by atoms with E-state index in [0.717, 1.165) is 27.8 Å². The molecule has 0 radical (unpaired) electrons. The van der Waals surface area contributed by atoms with Crippen molar-refractivity contribution in [2.24, 2.45) is 0 Å². The summed E-state index contributed by atoms with van der Waals surface area (Å²) in [5.74, 6) is 1.53. The average molecular weight is 462 g/mol. The van der Waals surface area contributed by atoms with Gasteiger partial charge in [0.05, 0.1) is 0 Å². The summed E-state index contributed by atoms with van der Waals surface area (Å²) in [5.41, 5.74) is 6.03. The van der Waals surface area contributed by atoms with E-state index in [1.165, 1.54) is 0 Å². The first-order chi connectivity index (χ1) is 16.7. The monoisotopic (exact) mass is 461 g/mol. The predicted molar refractivity (Wildman–Crippen MR) is 132 cm³/mol. The van der Waals surface area contributed by atoms with Crippen molar-refractivity contribution >= 4 is 22.7 Å². The van der Waals surface area contributed by atoms with Crippen LogP contribution in [-0.4, -0.2) is 24.9 Å². The van der Waals surface area contributed by atoms with E-state index in [-0.39, 0.29) is 5.28 Å². The number of aromatic nitrogens is 5. The Hall–Kier alpha value is -4.42. The molecule has 0 unspecified atom stereocenters. The zero-order valence-electron chi connectivity index (χ0n) is 17.8. The van der Waals surface area contributed by atoms with Crippen molar-refractivity contribution in [2.45, 2.75) is 0 Å². The lowest BCUT2D eigenvalue weighted by Crippen LogP contribution is -1.97. The fourth-order valence-electron chi connectivity index (χ4n) is 3.76. The highest BCUT2D eigenvalue weighted by molar-refractivity contribution is 6.28. The number of rotatable bonds is 4. The molecule has 0 fully saturated rings. The van der Waals surface area contributed by atoms with Gasteiger partial charge in [0, 0.05) is 29.1 Å². The molecule has 0 bridgehead atoms. The Labute approximate surface area is 200 Å². The van der Waals surface area contributed by atoms with E-state index in [1.54, 1.807) is 12.4 Å². The number of nitrogens with zero attached hydrogens (tertiary/aromatic N) is 5. The maximum atomic E-state index is 6.30. The fourth-order valence-corrected chi connectivity index (χ4v) is 3.92. The first kappa shape index (κ1) is 20.2. The van der Waals surface area contributed by atoms with Gasteiger partial charge in [0.1, 0.15) is 5.52 Å². The highest BCUT2D eigenvalue weighted by Crippen LogP contribution is 2.29. The quantitative estimate of drug-likeness (QED) is 0.289. The summed E-state index contributed by atoms with van der Waals surface area (Å²) in [6.07, 6.45) is 3.53. The predicted octanol–water partition coefficient (Wildman–Crippen LogP) is 6.73. The second-order valence-electron chi connectivity index (χ2n) is 7.64. The van der Waals surface area contributed by atoms with Crippen LogP contribution < -0.4 is 0 Å². The maximum Gasteiger partial charge on any atom is 0.227 e. The van der Waals surface area contributed by atoms with Crippen LogP contribution in [0, 0.1) is 0 Å². The van der Waals surface area contributed by atoms with Crippen LogP contribution in [-0.2, 0) is 0 Å². The molecule has 6 aromatic rings. The van der Waals surface area contributed by atoms with Crippen LogP contribution in [0.4, 0.5) is 0 Å². The Morgan fingerprint density at radius 1 is 0.559 bits per heavy atom. The Morgan fingerprint density at radius 2 is 1.26 bits per heavy atom. The molecule has 0 aliphatic rings. The van der Waals surface area contributed by atoms with E-state index in [2.05, 4.69) is 19.9 Å². The third-order valence-corrected chi connectivity index (χ3v) is 5.58. The first-order valence-electron chi connectivity index (χ1n) is 10.6. The van der Waals surface area contributed by atoms with Gasteiger partial charge in [0.2, 0.25) is 11.2 Å². The van der Waals surface area contributed by atoms with Crippen LogP contribution in [0.15, 0.2) is 102 Å². The third kappa shape index (κ3) is 3.91. The van der Waals surface area contributed by atoms with Gasteiger partial charge >= 0.3 is 0 Å². The summed E-state index contributed by atoms with van der Waals surface area (Å²) < 4.78 is 5.92. The third-order valence-electron chi connectivity index (χ3n) is 5.41. The van der Waals surface area contributed by atoms with Gasteiger partial charge in [-0.3, -0.25) is 4.98 Å². The Bertz CT molecular complexity index is 1620. The van der Waals surface area contributed by atoms with Gasteiger partial charge < -0.3 is 4.42 Å². The summed E-state index contributed by atoms with van der Waals surface area (Å²) in [4.78, 5) is 22.2. The number of benzene rings is 3. The smallest absolute Gasteiger partial charge is 0.227 e. The zero-order valence-corrected chi connectivity index (χ0v) is 18.5. The van der Waals surface area contributed by atoms with Gasteiger partial charge in [-0.1, -0.05) is 36.4 Å². The van der Waals surface area contributed by atoms with E-state index in [4.69, 9.17) is 21.0 Å². The largest absolute Gasteiger partial charge is 0.436 e. The highest BCUT2D eigenvalue weighted by atomic mass is 35.5. The van der Waals surface area contributed by atoms with E-state index in [1.807, 2.05) is 84.9 Å². The molecule has 0 atom stereocenters. The summed E-state index contributed by atoms with van der Waals surface area (Å²) in [7, 11) is 0. The Morgan fingerprint density at radius 3 is 2.06 bits per heavy atom. The number of oxazole rings is 1. The molecule has 7 heteroatoms. The second-order valence-corrected chi connectivity index (χ2v) is 7.97. The molecule has 3 aromatic heterocycles. The van der Waals surface area contributed by atoms with Crippen molar-refractivity contribution < 1.29 is 4.42 Å². The van der Waals surface area contributed by atoms with Gasteiger partial charge in [-0.05, 0) is 71.3 Å². The van der Waals surface area contributed by atoms with Crippen LogP contribution >= 0.6 is 11.6 Å². The van der Waals surface area contributed by atoms with Gasteiger partial charge in [0.15, 0.2) is 17.2 Å². The van der Waals surface area contributed by atoms with E-state index < -0.39 is 0 Å². The van der Waals surface area contributed by atoms with Crippen molar-refractivity contribution in [1.82, 2.24) is 24.9 Å². The molecule has 3 heterocycles. The van der Waals surface area contributed by atoms with Crippen LogP contribution in [0.3, 0.4) is 0 Å². The molecule has 0 saturated carbocycles. The molecular formula is C27H16ClN5O. The normalized spacial score (nSPS) is 11.1. The van der Waals surface area contributed by atoms with Crippen molar-refractivity contribution in [2.75, 3.05) is 0 Å². The Kier molecular flexibility index (Phi) is 5.05. The van der Waals surface area contributed by atoms with Crippen molar-refractivity contribution in [3.05, 3.63) is 103 Å². The fraction of sp³-hybridized carbons (Fsp3) is 0. The summed E-state index contributed by atoms with van der Waals surface area (Å²) in [5, 5.41) is 0.125. The van der Waals surface area contributed by atoms with Crippen LogP contribution in [0.5, 0.6) is 0 Å². The molecule has 0 amide bonds. The molecule has 0 saturated heterocycles. The molecular weight excluding hydrogens is 446 g/mol. The summed E-state index contributed by atoms with van der Waals surface area (Å²) in [6, 6.07) is 27.3. The lowest BCUT2D eigenvalue weighted by Gasteiger charge is -2.07. The summed E-state index contributed by atoms with van der Waals surface area (Å²) in [6.45, 7) is 0. The maximum absolute atomic E-state index is 6.30. The van der Waals surface area contributed by atoms with Crippen molar-refractivity contribution in [3.63, 3.8) is 0 Å². The molecule has 6 nitrogen and oxygen atoms in total. The minimum absolute atomic E-state index is 0.125. The molecule has 3 aromatic carbocycles. The average Bonchev–Trinajstić information content (AvgIpc) is 3.33. The minimum atomic E-state index is 0.125. The number of fused-ring (bicyclic) bond motifs is 1. The molecule has 162 valence electrons. The van der Waals surface area contributed by atoms with Gasteiger partial charge in [-0.15, -0.1) is 0 Å². The van der Waals surface area contributed by atoms with Crippen molar-refractivity contribution in [3.8, 4) is 45.4 Å². The van der Waals surface area contributed by atoms with Crippen LogP contribution in [0.25, 0.3) is 56.5 Å². The second kappa shape index (κ2) is 8.50. The highest BCUT2D eigenvalue weighted by Gasteiger charge is 2.13. The topological polar surface area (TPSA) is 77.6 Å². The molecule has 0 spiro atoms. The molecule has 34 heavy (non-hydrogen) atoms. The van der Waals surface area contributed by atoms with Crippen LogP contribution in [0.2, 0.25) is 5.28 Å². The number of hydrogen-bond donors (Lipinski definition) is 0. The molecule has 6 rings (SSSR count). The van der Waals surface area contributed by atoms with Crippen LogP contribution in [0.1, 0.15) is 0 Å². The van der Waals surface area contributed by atoms with E-state index in [9.17, 15) is 0 Å². The first-order valence-corrected chi connectivity index (χ1v) is 11.0. The zero-order chi connectivity index (χ0) is 22.9. The lowest BCUT2D eigenvalue weighted by molar-refractivity contribution is 0.620. The van der Waals surface area contributed by atoms with E-state index in [0.29, 0.717) is 28.6 Å². The Balaban J connectivity index is 1.39. The molecule has 0 aliphatic heterocycles. The van der Waals surface area contributed by atoms with Gasteiger partial charge in [-0.25, -0.2) is 9.97 Å².